The van der Waals surface area contributed by atoms with E-state index in [0.29, 0.717) is 6.61 Å². The number of rotatable bonds is 6. The second-order valence-electron chi connectivity index (χ2n) is 5.77. The molecular weight excluding hydrogens is 254 g/mol. The van der Waals surface area contributed by atoms with Crippen LogP contribution in [0.15, 0.2) is 18.2 Å². The molecule has 112 valence electrons. The average Bonchev–Trinajstić information content (AvgIpc) is 2.36. The minimum absolute atomic E-state index is 0.0285. The van der Waals surface area contributed by atoms with Crippen molar-refractivity contribution in [3.63, 3.8) is 0 Å². The number of benzene rings is 1. The summed E-state index contributed by atoms with van der Waals surface area (Å²) in [5, 5.41) is 0. The molecule has 4 nitrogen and oxygen atoms in total. The summed E-state index contributed by atoms with van der Waals surface area (Å²) in [5.41, 5.74) is 7.03. The standard InChI is InChI=1S/C16H25NO3/c1-4-18-8-5-9-19-12-6-7-13-14(17)11-16(2,3)20-15(13)10-12/h6-7,10,14H,4-5,8-9,11,17H2,1-3H3. The van der Waals surface area contributed by atoms with Crippen LogP contribution in [0.25, 0.3) is 0 Å². The monoisotopic (exact) mass is 279 g/mol. The largest absolute Gasteiger partial charge is 0.493 e. The van der Waals surface area contributed by atoms with E-state index in [1.807, 2.05) is 25.1 Å². The van der Waals surface area contributed by atoms with Gasteiger partial charge in [0.25, 0.3) is 0 Å². The molecule has 1 heterocycles. The molecule has 1 aliphatic rings. The van der Waals surface area contributed by atoms with Gasteiger partial charge in [0.1, 0.15) is 17.1 Å². The summed E-state index contributed by atoms with van der Waals surface area (Å²) in [5.74, 6) is 1.67. The van der Waals surface area contributed by atoms with Crippen LogP contribution in [0.4, 0.5) is 0 Å². The fourth-order valence-corrected chi connectivity index (χ4v) is 2.47. The van der Waals surface area contributed by atoms with E-state index in [9.17, 15) is 0 Å². The molecule has 20 heavy (non-hydrogen) atoms. The van der Waals surface area contributed by atoms with Gasteiger partial charge in [-0.05, 0) is 26.8 Å². The molecule has 1 aromatic rings. The van der Waals surface area contributed by atoms with Crippen LogP contribution in [0, 0.1) is 0 Å². The third-order valence-corrected chi connectivity index (χ3v) is 3.39. The quantitative estimate of drug-likeness (QED) is 0.813. The summed E-state index contributed by atoms with van der Waals surface area (Å²) in [6, 6.07) is 5.94. The van der Waals surface area contributed by atoms with E-state index in [4.69, 9.17) is 19.9 Å². The Morgan fingerprint density at radius 2 is 2.15 bits per heavy atom. The van der Waals surface area contributed by atoms with Crippen molar-refractivity contribution in [3.05, 3.63) is 23.8 Å². The van der Waals surface area contributed by atoms with E-state index in [1.165, 1.54) is 0 Å². The zero-order valence-corrected chi connectivity index (χ0v) is 12.6. The SMILES string of the molecule is CCOCCCOc1ccc2c(c1)OC(C)(C)CC2N. The Hall–Kier alpha value is -1.26. The van der Waals surface area contributed by atoms with Crippen molar-refractivity contribution < 1.29 is 14.2 Å². The Kier molecular flexibility index (Phi) is 4.89. The van der Waals surface area contributed by atoms with Crippen LogP contribution in [0.1, 0.15) is 45.2 Å². The van der Waals surface area contributed by atoms with E-state index >= 15 is 0 Å². The first-order chi connectivity index (χ1) is 9.52. The fourth-order valence-electron chi connectivity index (χ4n) is 2.47. The molecule has 1 aliphatic heterocycles. The van der Waals surface area contributed by atoms with Crippen LogP contribution in [-0.4, -0.2) is 25.4 Å². The van der Waals surface area contributed by atoms with Crippen molar-refractivity contribution in [3.8, 4) is 11.5 Å². The Balaban J connectivity index is 1.97. The first-order valence-electron chi connectivity index (χ1n) is 7.31. The molecule has 0 amide bonds. The van der Waals surface area contributed by atoms with Gasteiger partial charge in [0, 0.05) is 43.7 Å². The lowest BCUT2D eigenvalue weighted by Gasteiger charge is -2.36. The maximum absolute atomic E-state index is 6.19. The second kappa shape index (κ2) is 6.46. The normalized spacial score (nSPS) is 20.1. The molecule has 0 saturated heterocycles. The van der Waals surface area contributed by atoms with Crippen LogP contribution in [-0.2, 0) is 4.74 Å². The van der Waals surface area contributed by atoms with Gasteiger partial charge in [-0.15, -0.1) is 0 Å². The van der Waals surface area contributed by atoms with E-state index in [-0.39, 0.29) is 11.6 Å². The summed E-state index contributed by atoms with van der Waals surface area (Å²) in [7, 11) is 0. The highest BCUT2D eigenvalue weighted by Gasteiger charge is 2.31. The first-order valence-corrected chi connectivity index (χ1v) is 7.31. The van der Waals surface area contributed by atoms with Gasteiger partial charge in [-0.3, -0.25) is 0 Å². The summed E-state index contributed by atoms with van der Waals surface area (Å²) >= 11 is 0. The number of nitrogens with two attached hydrogens (primary N) is 1. The van der Waals surface area contributed by atoms with Gasteiger partial charge in [-0.2, -0.15) is 0 Å². The first kappa shape index (κ1) is 15.1. The molecule has 1 unspecified atom stereocenters. The van der Waals surface area contributed by atoms with Crippen LogP contribution < -0.4 is 15.2 Å². The van der Waals surface area contributed by atoms with Crippen LogP contribution in [0.3, 0.4) is 0 Å². The summed E-state index contributed by atoms with van der Waals surface area (Å²) in [6.07, 6.45) is 1.71. The second-order valence-corrected chi connectivity index (χ2v) is 5.77. The van der Waals surface area contributed by atoms with Crippen LogP contribution in [0.2, 0.25) is 0 Å². The molecule has 0 spiro atoms. The molecule has 0 saturated carbocycles. The number of fused-ring (bicyclic) bond motifs is 1. The Morgan fingerprint density at radius 1 is 1.35 bits per heavy atom. The van der Waals surface area contributed by atoms with Gasteiger partial charge in [0.05, 0.1) is 6.61 Å². The fraction of sp³-hybridized carbons (Fsp3) is 0.625. The summed E-state index contributed by atoms with van der Waals surface area (Å²) in [4.78, 5) is 0. The molecule has 0 aliphatic carbocycles. The highest BCUT2D eigenvalue weighted by molar-refractivity contribution is 5.44. The molecule has 2 N–H and O–H groups in total. The molecule has 0 radical (unpaired) electrons. The molecule has 2 rings (SSSR count). The van der Waals surface area contributed by atoms with E-state index in [2.05, 4.69) is 13.8 Å². The van der Waals surface area contributed by atoms with Gasteiger partial charge in [0.15, 0.2) is 0 Å². The van der Waals surface area contributed by atoms with Gasteiger partial charge in [-0.1, -0.05) is 6.07 Å². The van der Waals surface area contributed by atoms with Crippen molar-refractivity contribution >= 4 is 0 Å². The average molecular weight is 279 g/mol. The van der Waals surface area contributed by atoms with Crippen molar-refractivity contribution in [2.45, 2.75) is 45.3 Å². The van der Waals surface area contributed by atoms with Gasteiger partial charge < -0.3 is 19.9 Å². The Morgan fingerprint density at radius 3 is 2.90 bits per heavy atom. The molecular formula is C16H25NO3. The van der Waals surface area contributed by atoms with Crippen molar-refractivity contribution in [2.75, 3.05) is 19.8 Å². The minimum atomic E-state index is -0.222. The molecule has 0 bridgehead atoms. The minimum Gasteiger partial charge on any atom is -0.493 e. The van der Waals surface area contributed by atoms with Crippen LogP contribution in [0.5, 0.6) is 11.5 Å². The third kappa shape index (κ3) is 3.87. The molecule has 0 fully saturated rings. The van der Waals surface area contributed by atoms with E-state index < -0.39 is 0 Å². The predicted molar refractivity (Wildman–Crippen MR) is 79.3 cm³/mol. The Bertz CT molecular complexity index is 445. The topological polar surface area (TPSA) is 53.7 Å². The maximum Gasteiger partial charge on any atom is 0.128 e. The lowest BCUT2D eigenvalue weighted by Crippen LogP contribution is -2.37. The number of hydrogen-bond acceptors (Lipinski definition) is 4. The molecule has 1 aromatic carbocycles. The third-order valence-electron chi connectivity index (χ3n) is 3.39. The highest BCUT2D eigenvalue weighted by Crippen LogP contribution is 2.39. The molecule has 4 heteroatoms. The maximum atomic E-state index is 6.19. The van der Waals surface area contributed by atoms with Crippen molar-refractivity contribution in [1.29, 1.82) is 0 Å². The van der Waals surface area contributed by atoms with E-state index in [0.717, 1.165) is 43.1 Å². The van der Waals surface area contributed by atoms with Crippen LogP contribution >= 0.6 is 0 Å². The molecule has 1 atom stereocenters. The summed E-state index contributed by atoms with van der Waals surface area (Å²) in [6.45, 7) is 8.24. The Labute approximate surface area is 121 Å². The molecule has 0 aromatic heterocycles. The van der Waals surface area contributed by atoms with Crippen molar-refractivity contribution in [1.82, 2.24) is 0 Å². The lowest BCUT2D eigenvalue weighted by molar-refractivity contribution is 0.0723. The lowest BCUT2D eigenvalue weighted by atomic mass is 9.90. The van der Waals surface area contributed by atoms with Gasteiger partial charge in [-0.25, -0.2) is 0 Å². The van der Waals surface area contributed by atoms with Gasteiger partial charge in [0.2, 0.25) is 0 Å². The van der Waals surface area contributed by atoms with Crippen molar-refractivity contribution in [2.24, 2.45) is 5.73 Å². The summed E-state index contributed by atoms with van der Waals surface area (Å²) < 4.78 is 17.0. The zero-order valence-electron chi connectivity index (χ0n) is 12.6. The number of ether oxygens (including phenoxy) is 3. The highest BCUT2D eigenvalue weighted by atomic mass is 16.5. The number of hydrogen-bond donors (Lipinski definition) is 1. The van der Waals surface area contributed by atoms with E-state index in [1.54, 1.807) is 0 Å². The predicted octanol–water partition coefficient (Wildman–Crippen LogP) is 3.05. The zero-order chi connectivity index (χ0) is 14.6. The smallest absolute Gasteiger partial charge is 0.128 e. The van der Waals surface area contributed by atoms with Gasteiger partial charge >= 0.3 is 0 Å².